The predicted molar refractivity (Wildman–Crippen MR) is 116 cm³/mol. The molecule has 3 rings (SSSR count). The smallest absolute Gasteiger partial charge is 0.338 e. The van der Waals surface area contributed by atoms with E-state index in [4.69, 9.17) is 9.47 Å². The van der Waals surface area contributed by atoms with Crippen molar-refractivity contribution in [3.63, 3.8) is 0 Å². The summed E-state index contributed by atoms with van der Waals surface area (Å²) in [6.07, 6.45) is 0.677. The molecule has 8 nitrogen and oxygen atoms in total. The van der Waals surface area contributed by atoms with Gasteiger partial charge < -0.3 is 19.4 Å². The first-order valence-electron chi connectivity index (χ1n) is 10.3. The van der Waals surface area contributed by atoms with Crippen molar-refractivity contribution in [2.45, 2.75) is 39.8 Å². The average Bonchev–Trinajstić information content (AvgIpc) is 3.19. The minimum absolute atomic E-state index is 0.172. The molecular weight excluding hydrogens is 396 g/mol. The third-order valence-corrected chi connectivity index (χ3v) is 4.56. The number of amides is 1. The molecule has 0 aliphatic carbocycles. The number of rotatable bonds is 10. The van der Waals surface area contributed by atoms with Crippen LogP contribution in [0.15, 0.2) is 54.6 Å². The van der Waals surface area contributed by atoms with E-state index in [1.165, 1.54) is 0 Å². The number of aromatic nitrogens is 3. The molecule has 0 saturated carbocycles. The highest BCUT2D eigenvalue weighted by atomic mass is 16.5. The highest BCUT2D eigenvalue weighted by Gasteiger charge is 2.14. The summed E-state index contributed by atoms with van der Waals surface area (Å²) in [5, 5.41) is 11.3. The lowest BCUT2D eigenvalue weighted by atomic mass is 10.2. The maximum atomic E-state index is 12.4. The number of esters is 1. The Morgan fingerprint density at radius 1 is 1.00 bits per heavy atom. The third kappa shape index (κ3) is 6.15. The van der Waals surface area contributed by atoms with Gasteiger partial charge in [-0.3, -0.25) is 4.79 Å². The van der Waals surface area contributed by atoms with Crippen molar-refractivity contribution in [3.05, 3.63) is 71.8 Å². The van der Waals surface area contributed by atoms with Crippen LogP contribution < -0.4 is 10.1 Å². The third-order valence-electron chi connectivity index (χ3n) is 4.56. The Kier molecular flexibility index (Phi) is 7.75. The predicted octanol–water partition coefficient (Wildman–Crippen LogP) is 3.63. The van der Waals surface area contributed by atoms with Crippen molar-refractivity contribution in [2.24, 2.45) is 0 Å². The van der Waals surface area contributed by atoms with Crippen LogP contribution in [0.5, 0.6) is 5.75 Å². The van der Waals surface area contributed by atoms with Gasteiger partial charge in [0, 0.05) is 25.1 Å². The Labute approximate surface area is 181 Å². The second kappa shape index (κ2) is 10.9. The van der Waals surface area contributed by atoms with E-state index in [0.29, 0.717) is 43.3 Å². The van der Waals surface area contributed by atoms with Gasteiger partial charge in [-0.1, -0.05) is 24.3 Å². The summed E-state index contributed by atoms with van der Waals surface area (Å²) in [6, 6.07) is 16.2. The Morgan fingerprint density at radius 3 is 2.52 bits per heavy atom. The molecule has 0 bridgehead atoms. The number of carbonyl (C=O) groups is 2. The Hall–Kier alpha value is -3.68. The monoisotopic (exact) mass is 422 g/mol. The Bertz CT molecular complexity index is 1020. The molecule has 0 atom stereocenters. The van der Waals surface area contributed by atoms with Crippen LogP contribution in [0.2, 0.25) is 0 Å². The van der Waals surface area contributed by atoms with E-state index in [1.54, 1.807) is 31.2 Å². The fourth-order valence-electron chi connectivity index (χ4n) is 3.08. The summed E-state index contributed by atoms with van der Waals surface area (Å²) in [6.45, 7) is 5.03. The van der Waals surface area contributed by atoms with Crippen LogP contribution in [0.25, 0.3) is 0 Å². The first-order valence-corrected chi connectivity index (χ1v) is 10.3. The second-order valence-electron chi connectivity index (χ2n) is 6.73. The number of ether oxygens (including phenoxy) is 2. The van der Waals surface area contributed by atoms with Gasteiger partial charge in [0.15, 0.2) is 5.82 Å². The lowest BCUT2D eigenvalue weighted by Gasteiger charge is -2.10. The first kappa shape index (κ1) is 22.0. The molecule has 1 amide bonds. The lowest BCUT2D eigenvalue weighted by Crippen LogP contribution is -2.15. The van der Waals surface area contributed by atoms with Crippen LogP contribution in [0.3, 0.4) is 0 Å². The van der Waals surface area contributed by atoms with Crippen LogP contribution >= 0.6 is 0 Å². The van der Waals surface area contributed by atoms with Crippen molar-refractivity contribution in [3.8, 4) is 5.75 Å². The summed E-state index contributed by atoms with van der Waals surface area (Å²) >= 11 is 0. The van der Waals surface area contributed by atoms with Crippen molar-refractivity contribution in [1.82, 2.24) is 14.8 Å². The van der Waals surface area contributed by atoms with Crippen LogP contribution in [0.4, 0.5) is 5.69 Å². The van der Waals surface area contributed by atoms with E-state index < -0.39 is 5.97 Å². The average molecular weight is 422 g/mol. The molecule has 1 heterocycles. The number of anilines is 1. The molecule has 2 aromatic carbocycles. The van der Waals surface area contributed by atoms with Gasteiger partial charge in [-0.25, -0.2) is 4.79 Å². The first-order chi connectivity index (χ1) is 15.1. The molecule has 0 aliphatic rings. The number of aryl methyl sites for hydroxylation is 1. The summed E-state index contributed by atoms with van der Waals surface area (Å²) in [4.78, 5) is 24.2. The van der Waals surface area contributed by atoms with Crippen molar-refractivity contribution in [1.29, 1.82) is 0 Å². The lowest BCUT2D eigenvalue weighted by molar-refractivity contribution is -0.116. The second-order valence-corrected chi connectivity index (χ2v) is 6.73. The number of carbonyl (C=O) groups excluding carboxylic acids is 2. The van der Waals surface area contributed by atoms with Gasteiger partial charge in [-0.05, 0) is 44.2 Å². The molecule has 0 unspecified atom stereocenters. The molecule has 0 aliphatic heterocycles. The quantitative estimate of drug-likeness (QED) is 0.502. The molecular formula is C23H26N4O4. The fourth-order valence-corrected chi connectivity index (χ4v) is 3.08. The summed E-state index contributed by atoms with van der Waals surface area (Å²) in [5.41, 5.74) is 0.942. The SMILES string of the molecule is CCOC(=O)c1cccc(NC(=O)CCc2nnc(COc3ccccc3)n2CC)c1. The summed E-state index contributed by atoms with van der Waals surface area (Å²) in [7, 11) is 0. The summed E-state index contributed by atoms with van der Waals surface area (Å²) in [5.74, 6) is 1.61. The fraction of sp³-hybridized carbons (Fsp3) is 0.304. The van der Waals surface area contributed by atoms with Gasteiger partial charge in [-0.15, -0.1) is 10.2 Å². The van der Waals surface area contributed by atoms with Gasteiger partial charge in [0.05, 0.1) is 12.2 Å². The normalized spacial score (nSPS) is 10.5. The maximum absolute atomic E-state index is 12.4. The molecule has 0 radical (unpaired) electrons. The number of nitrogens with zero attached hydrogens (tertiary/aromatic N) is 3. The van der Waals surface area contributed by atoms with Gasteiger partial charge in [-0.2, -0.15) is 0 Å². The molecule has 1 aromatic heterocycles. The highest BCUT2D eigenvalue weighted by Crippen LogP contribution is 2.14. The number of benzene rings is 2. The zero-order chi connectivity index (χ0) is 22.1. The molecule has 1 N–H and O–H groups in total. The maximum Gasteiger partial charge on any atom is 0.338 e. The molecule has 0 fully saturated rings. The van der Waals surface area contributed by atoms with Crippen molar-refractivity contribution in [2.75, 3.05) is 11.9 Å². The minimum Gasteiger partial charge on any atom is -0.486 e. The molecule has 8 heteroatoms. The highest BCUT2D eigenvalue weighted by molar-refractivity contribution is 5.94. The minimum atomic E-state index is -0.417. The largest absolute Gasteiger partial charge is 0.486 e. The van der Waals surface area contributed by atoms with Gasteiger partial charge in [0.1, 0.15) is 18.2 Å². The van der Waals surface area contributed by atoms with Crippen LogP contribution in [-0.2, 0) is 29.1 Å². The van der Waals surface area contributed by atoms with E-state index in [0.717, 1.165) is 11.6 Å². The molecule has 0 spiro atoms. The topological polar surface area (TPSA) is 95.3 Å². The molecule has 162 valence electrons. The molecule has 31 heavy (non-hydrogen) atoms. The van der Waals surface area contributed by atoms with Gasteiger partial charge in [0.25, 0.3) is 0 Å². The van der Waals surface area contributed by atoms with Gasteiger partial charge in [0.2, 0.25) is 5.91 Å². The number of nitrogens with one attached hydrogen (secondary N) is 1. The van der Waals surface area contributed by atoms with E-state index in [1.807, 2.05) is 41.8 Å². The van der Waals surface area contributed by atoms with E-state index in [9.17, 15) is 9.59 Å². The van der Waals surface area contributed by atoms with Crippen LogP contribution in [-0.4, -0.2) is 33.2 Å². The Balaban J connectivity index is 1.56. The zero-order valence-corrected chi connectivity index (χ0v) is 17.7. The van der Waals surface area contributed by atoms with Crippen molar-refractivity contribution >= 4 is 17.6 Å². The standard InChI is InChI=1S/C23H26N4O4/c1-3-27-20(25-26-21(27)16-31-19-11-6-5-7-12-19)13-14-22(28)24-18-10-8-9-17(15-18)23(29)30-4-2/h5-12,15H,3-4,13-14,16H2,1-2H3,(H,24,28). The molecule has 0 saturated heterocycles. The van der Waals surface area contributed by atoms with Gasteiger partial charge >= 0.3 is 5.97 Å². The molecule has 3 aromatic rings. The summed E-state index contributed by atoms with van der Waals surface area (Å²) < 4.78 is 12.7. The zero-order valence-electron chi connectivity index (χ0n) is 17.7. The van der Waals surface area contributed by atoms with Crippen LogP contribution in [0.1, 0.15) is 42.3 Å². The number of hydrogen-bond acceptors (Lipinski definition) is 6. The number of para-hydroxylation sites is 1. The van der Waals surface area contributed by atoms with Crippen molar-refractivity contribution < 1.29 is 19.1 Å². The van der Waals surface area contributed by atoms with E-state index in [-0.39, 0.29) is 12.3 Å². The van der Waals surface area contributed by atoms with Crippen LogP contribution in [0, 0.1) is 0 Å². The van der Waals surface area contributed by atoms with E-state index >= 15 is 0 Å². The Morgan fingerprint density at radius 2 is 1.77 bits per heavy atom. The van der Waals surface area contributed by atoms with E-state index in [2.05, 4.69) is 15.5 Å². The number of hydrogen-bond donors (Lipinski definition) is 1.